The topological polar surface area (TPSA) is 45.7 Å². The summed E-state index contributed by atoms with van der Waals surface area (Å²) in [5, 5.41) is 5.05. The van der Waals surface area contributed by atoms with Crippen LogP contribution in [0.2, 0.25) is 0 Å². The second-order valence-corrected chi connectivity index (χ2v) is 6.51. The van der Waals surface area contributed by atoms with Crippen LogP contribution in [-0.4, -0.2) is 11.9 Å². The van der Waals surface area contributed by atoms with Crippen molar-refractivity contribution in [2.24, 2.45) is 0 Å². The van der Waals surface area contributed by atoms with E-state index in [1.807, 2.05) is 50.2 Å². The zero-order chi connectivity index (χ0) is 16.1. The molecule has 0 bridgehead atoms. The fraction of sp³-hybridized carbons (Fsp3) is 0.278. The number of benzene rings is 2. The van der Waals surface area contributed by atoms with Crippen molar-refractivity contribution in [3.8, 4) is 0 Å². The highest BCUT2D eigenvalue weighted by Gasteiger charge is 2.20. The van der Waals surface area contributed by atoms with Gasteiger partial charge in [0.05, 0.1) is 5.69 Å². The molecule has 1 amide bonds. The van der Waals surface area contributed by atoms with E-state index in [-0.39, 0.29) is 18.0 Å². The zero-order valence-corrected chi connectivity index (χ0v) is 14.7. The molecule has 116 valence electrons. The number of carbonyl (C=O) groups is 1. The van der Waals surface area contributed by atoms with E-state index >= 15 is 0 Å². The second-order valence-electron chi connectivity index (χ2n) is 5.65. The molecule has 0 spiro atoms. The minimum absolute atomic E-state index is 0.00679. The number of nitrogens with two attached hydrogens (primary N) is 1. The van der Waals surface area contributed by atoms with Gasteiger partial charge in [0.2, 0.25) is 0 Å². The van der Waals surface area contributed by atoms with Gasteiger partial charge in [0.15, 0.2) is 6.04 Å². The lowest BCUT2D eigenvalue weighted by molar-refractivity contribution is -0.709. The minimum Gasteiger partial charge on any atom is -0.330 e. The van der Waals surface area contributed by atoms with Crippen molar-refractivity contribution in [2.45, 2.75) is 32.9 Å². The molecule has 2 atom stereocenters. The lowest BCUT2D eigenvalue weighted by Crippen LogP contribution is -2.91. The van der Waals surface area contributed by atoms with Gasteiger partial charge in [-0.1, -0.05) is 36.4 Å². The summed E-state index contributed by atoms with van der Waals surface area (Å²) in [6.07, 6.45) is 0. The van der Waals surface area contributed by atoms with Gasteiger partial charge in [0, 0.05) is 10.0 Å². The predicted octanol–water partition coefficient (Wildman–Crippen LogP) is 3.41. The number of quaternary nitrogens is 1. The number of halogens is 1. The van der Waals surface area contributed by atoms with Gasteiger partial charge in [-0.05, 0) is 54.4 Å². The monoisotopic (exact) mass is 361 g/mol. The molecule has 2 aromatic carbocycles. The molecule has 3 N–H and O–H groups in total. The van der Waals surface area contributed by atoms with Crippen molar-refractivity contribution >= 4 is 27.5 Å². The summed E-state index contributed by atoms with van der Waals surface area (Å²) >= 11 is 3.49. The van der Waals surface area contributed by atoms with Gasteiger partial charge in [-0.2, -0.15) is 0 Å². The van der Waals surface area contributed by atoms with E-state index in [0.29, 0.717) is 0 Å². The lowest BCUT2D eigenvalue weighted by Gasteiger charge is -2.17. The van der Waals surface area contributed by atoms with Crippen molar-refractivity contribution < 1.29 is 10.1 Å². The van der Waals surface area contributed by atoms with Gasteiger partial charge in [-0.3, -0.25) is 4.79 Å². The van der Waals surface area contributed by atoms with Gasteiger partial charge in [0.25, 0.3) is 5.91 Å². The number of nitrogens with one attached hydrogen (secondary N) is 1. The summed E-state index contributed by atoms with van der Waals surface area (Å²) < 4.78 is 0.907. The number of rotatable bonds is 5. The fourth-order valence-electron chi connectivity index (χ4n) is 2.36. The third-order valence-corrected chi connectivity index (χ3v) is 4.35. The molecule has 0 radical (unpaired) electrons. The highest BCUT2D eigenvalue weighted by molar-refractivity contribution is 9.10. The van der Waals surface area contributed by atoms with Crippen molar-refractivity contribution in [1.29, 1.82) is 0 Å². The highest BCUT2D eigenvalue weighted by Crippen LogP contribution is 2.23. The summed E-state index contributed by atoms with van der Waals surface area (Å²) in [6, 6.07) is 16.2. The van der Waals surface area contributed by atoms with Gasteiger partial charge in [0.1, 0.15) is 6.04 Å². The summed E-state index contributed by atoms with van der Waals surface area (Å²) in [7, 11) is 0. The van der Waals surface area contributed by atoms with E-state index in [1.165, 1.54) is 5.56 Å². The molecule has 2 rings (SSSR count). The normalized spacial score (nSPS) is 13.5. The molecule has 0 aliphatic heterocycles. The van der Waals surface area contributed by atoms with Crippen LogP contribution in [0.4, 0.5) is 5.69 Å². The smallest absolute Gasteiger partial charge is 0.282 e. The number of amides is 1. The predicted molar refractivity (Wildman–Crippen MR) is 93.8 cm³/mol. The number of hydrogen-bond acceptors (Lipinski definition) is 1. The van der Waals surface area contributed by atoms with Crippen LogP contribution in [0.25, 0.3) is 0 Å². The Labute approximate surface area is 140 Å². The molecule has 2 aromatic rings. The van der Waals surface area contributed by atoms with Crippen LogP contribution in [-0.2, 0) is 4.79 Å². The van der Waals surface area contributed by atoms with Gasteiger partial charge < -0.3 is 10.6 Å². The minimum atomic E-state index is -0.164. The molecule has 0 saturated heterocycles. The van der Waals surface area contributed by atoms with E-state index in [4.69, 9.17) is 0 Å². The van der Waals surface area contributed by atoms with Crippen LogP contribution < -0.4 is 10.6 Å². The van der Waals surface area contributed by atoms with E-state index in [9.17, 15) is 4.79 Å². The standard InChI is InChI=1S/C18H21BrN2O/c1-12-9-10-17(16(19)11-12)21-18(22)14(3)20-13(2)15-7-5-4-6-8-15/h4-11,13-14,20H,1-3H3,(H,21,22)/p+1/t13-,14+/m1/s1. The van der Waals surface area contributed by atoms with Gasteiger partial charge in [-0.25, -0.2) is 0 Å². The maximum atomic E-state index is 12.4. The first-order valence-electron chi connectivity index (χ1n) is 7.44. The quantitative estimate of drug-likeness (QED) is 0.841. The van der Waals surface area contributed by atoms with Crippen molar-refractivity contribution in [2.75, 3.05) is 5.32 Å². The first kappa shape index (κ1) is 16.7. The largest absolute Gasteiger partial charge is 0.330 e. The Balaban J connectivity index is 1.97. The number of aryl methyl sites for hydroxylation is 1. The Morgan fingerprint density at radius 3 is 2.45 bits per heavy atom. The third kappa shape index (κ3) is 4.42. The molecule has 4 heteroatoms. The van der Waals surface area contributed by atoms with Crippen LogP contribution in [0.15, 0.2) is 53.0 Å². The molecule has 0 fully saturated rings. The fourth-order valence-corrected chi connectivity index (χ4v) is 2.95. The first-order chi connectivity index (χ1) is 10.5. The second kappa shape index (κ2) is 7.56. The maximum absolute atomic E-state index is 12.4. The van der Waals surface area contributed by atoms with Crippen molar-refractivity contribution in [1.82, 2.24) is 0 Å². The molecule has 0 unspecified atom stereocenters. The van der Waals surface area contributed by atoms with Crippen molar-refractivity contribution in [3.05, 3.63) is 64.1 Å². The molecule has 22 heavy (non-hydrogen) atoms. The van der Waals surface area contributed by atoms with Gasteiger partial charge >= 0.3 is 0 Å². The van der Waals surface area contributed by atoms with Crippen LogP contribution in [0.3, 0.4) is 0 Å². The van der Waals surface area contributed by atoms with Crippen LogP contribution in [0.5, 0.6) is 0 Å². The Morgan fingerprint density at radius 1 is 1.14 bits per heavy atom. The Hall–Kier alpha value is -1.65. The first-order valence-corrected chi connectivity index (χ1v) is 8.23. The maximum Gasteiger partial charge on any atom is 0.282 e. The molecule has 0 aliphatic carbocycles. The molecule has 3 nitrogen and oxygen atoms in total. The zero-order valence-electron chi connectivity index (χ0n) is 13.1. The number of hydrogen-bond donors (Lipinski definition) is 2. The van der Waals surface area contributed by atoms with Crippen LogP contribution in [0, 0.1) is 6.92 Å². The average molecular weight is 362 g/mol. The number of anilines is 1. The average Bonchev–Trinajstić information content (AvgIpc) is 2.50. The summed E-state index contributed by atoms with van der Waals surface area (Å²) in [6.45, 7) is 6.06. The molecular formula is C18H22BrN2O+. The van der Waals surface area contributed by atoms with E-state index in [2.05, 4.69) is 45.6 Å². The van der Waals surface area contributed by atoms with Crippen LogP contribution >= 0.6 is 15.9 Å². The SMILES string of the molecule is Cc1ccc(NC(=O)[C@H](C)[NH2+][C@H](C)c2ccccc2)c(Br)c1. The Bertz CT molecular complexity index is 643. The van der Waals surface area contributed by atoms with Crippen LogP contribution in [0.1, 0.15) is 31.0 Å². The van der Waals surface area contributed by atoms with E-state index in [0.717, 1.165) is 15.7 Å². The molecule has 0 heterocycles. The van der Waals surface area contributed by atoms with E-state index < -0.39 is 0 Å². The Morgan fingerprint density at radius 2 is 1.82 bits per heavy atom. The molecule has 0 aliphatic rings. The lowest BCUT2D eigenvalue weighted by atomic mass is 10.1. The summed E-state index contributed by atoms with van der Waals surface area (Å²) in [5.74, 6) is 0.00679. The van der Waals surface area contributed by atoms with Crippen molar-refractivity contribution in [3.63, 3.8) is 0 Å². The highest BCUT2D eigenvalue weighted by atomic mass is 79.9. The Kier molecular flexibility index (Phi) is 5.75. The number of carbonyl (C=O) groups excluding carboxylic acids is 1. The molecular weight excluding hydrogens is 340 g/mol. The summed E-state index contributed by atoms with van der Waals surface area (Å²) in [5.41, 5.74) is 3.18. The third-order valence-electron chi connectivity index (χ3n) is 3.70. The van der Waals surface area contributed by atoms with Gasteiger partial charge in [-0.15, -0.1) is 0 Å². The molecule has 0 saturated carbocycles. The molecule has 0 aromatic heterocycles. The summed E-state index contributed by atoms with van der Waals surface area (Å²) in [4.78, 5) is 12.4. The van der Waals surface area contributed by atoms with E-state index in [1.54, 1.807) is 0 Å².